The van der Waals surface area contributed by atoms with E-state index >= 15 is 0 Å². The largest absolute Gasteiger partial charge is 0.507 e. The molecule has 102 valence electrons. The van der Waals surface area contributed by atoms with Gasteiger partial charge in [0.15, 0.2) is 0 Å². The first-order valence-corrected chi connectivity index (χ1v) is 7.53. The Morgan fingerprint density at radius 3 is 1.39 bits per heavy atom. The highest BCUT2D eigenvalue weighted by atomic mass is 16.3. The number of benzene rings is 1. The van der Waals surface area contributed by atoms with Crippen molar-refractivity contribution in [3.8, 4) is 5.75 Å². The maximum atomic E-state index is 10.6. The Morgan fingerprint density at radius 1 is 0.611 bits per heavy atom. The summed E-state index contributed by atoms with van der Waals surface area (Å²) in [7, 11) is 0. The van der Waals surface area contributed by atoms with E-state index in [2.05, 4.69) is 34.6 Å². The molecule has 0 aliphatic heterocycles. The second-order valence-electron chi connectivity index (χ2n) is 4.91. The third-order valence-corrected chi connectivity index (χ3v) is 3.94. The molecule has 0 aliphatic carbocycles. The lowest BCUT2D eigenvalue weighted by Gasteiger charge is -2.22. The van der Waals surface area contributed by atoms with Crippen molar-refractivity contribution >= 4 is 0 Å². The average molecular weight is 248 g/mol. The maximum absolute atomic E-state index is 10.6. The molecule has 0 aromatic heterocycles. The summed E-state index contributed by atoms with van der Waals surface area (Å²) in [6.07, 6.45) is 6.17. The monoisotopic (exact) mass is 248 g/mol. The van der Waals surface area contributed by atoms with Gasteiger partial charge in [-0.25, -0.2) is 0 Å². The highest BCUT2D eigenvalue weighted by Gasteiger charge is 2.19. The molecule has 1 rings (SSSR count). The number of phenolic OH excluding ortho intramolecular Hbond substituents is 1. The minimum Gasteiger partial charge on any atom is -0.507 e. The van der Waals surface area contributed by atoms with Crippen molar-refractivity contribution in [2.24, 2.45) is 0 Å². The van der Waals surface area contributed by atoms with Crippen molar-refractivity contribution in [2.75, 3.05) is 0 Å². The van der Waals surface area contributed by atoms with E-state index in [4.69, 9.17) is 0 Å². The van der Waals surface area contributed by atoms with Gasteiger partial charge in [0.2, 0.25) is 0 Å². The van der Waals surface area contributed by atoms with Crippen LogP contribution in [0.2, 0.25) is 0 Å². The number of aromatic hydroxyl groups is 1. The van der Waals surface area contributed by atoms with Gasteiger partial charge in [-0.2, -0.15) is 0 Å². The van der Waals surface area contributed by atoms with Gasteiger partial charge in [0, 0.05) is 0 Å². The Morgan fingerprint density at radius 2 is 1.00 bits per heavy atom. The molecule has 0 atom stereocenters. The normalized spacial score (nSPS) is 10.9. The van der Waals surface area contributed by atoms with Crippen molar-refractivity contribution < 1.29 is 5.11 Å². The summed E-state index contributed by atoms with van der Waals surface area (Å²) in [4.78, 5) is 0. The summed E-state index contributed by atoms with van der Waals surface area (Å²) < 4.78 is 0. The fourth-order valence-corrected chi connectivity index (χ4v) is 3.19. The van der Waals surface area contributed by atoms with E-state index in [0.717, 1.165) is 38.5 Å². The molecule has 1 N–H and O–H groups in total. The molecule has 1 aromatic rings. The predicted octanol–water partition coefficient (Wildman–Crippen LogP) is 4.59. The second kappa shape index (κ2) is 6.82. The Balaban J connectivity index is 3.61. The molecule has 18 heavy (non-hydrogen) atoms. The van der Waals surface area contributed by atoms with Crippen LogP contribution in [0, 0.1) is 0 Å². The van der Waals surface area contributed by atoms with Crippen molar-refractivity contribution in [1.82, 2.24) is 0 Å². The topological polar surface area (TPSA) is 20.2 Å². The van der Waals surface area contributed by atoms with Gasteiger partial charge in [-0.15, -0.1) is 0 Å². The van der Waals surface area contributed by atoms with Crippen LogP contribution in [0.5, 0.6) is 5.75 Å². The Labute approximate surface area is 112 Å². The summed E-state index contributed by atoms with van der Waals surface area (Å²) in [6, 6.07) is 0. The maximum Gasteiger partial charge on any atom is 0.122 e. The van der Waals surface area contributed by atoms with Gasteiger partial charge in [0.25, 0.3) is 0 Å². The van der Waals surface area contributed by atoms with E-state index in [1.54, 1.807) is 0 Å². The molecule has 0 radical (unpaired) electrons. The van der Waals surface area contributed by atoms with Crippen molar-refractivity contribution in [3.05, 3.63) is 27.8 Å². The summed E-state index contributed by atoms with van der Waals surface area (Å²) >= 11 is 0. The number of hydrogen-bond acceptors (Lipinski definition) is 1. The van der Waals surface area contributed by atoms with Gasteiger partial charge >= 0.3 is 0 Å². The third-order valence-electron chi connectivity index (χ3n) is 3.94. The zero-order valence-corrected chi connectivity index (χ0v) is 12.7. The minimum absolute atomic E-state index is 0.588. The highest BCUT2D eigenvalue weighted by molar-refractivity contribution is 5.55. The second-order valence-corrected chi connectivity index (χ2v) is 4.91. The lowest BCUT2D eigenvalue weighted by Crippen LogP contribution is -2.08. The van der Waals surface area contributed by atoms with Crippen LogP contribution in [0.15, 0.2) is 0 Å². The summed E-state index contributed by atoms with van der Waals surface area (Å²) in [6.45, 7) is 11.0. The van der Waals surface area contributed by atoms with E-state index < -0.39 is 0 Å². The first-order valence-electron chi connectivity index (χ1n) is 7.53. The van der Waals surface area contributed by atoms with Crippen LogP contribution in [0.4, 0.5) is 0 Å². The first-order chi connectivity index (χ1) is 8.65. The molecule has 1 heteroatoms. The van der Waals surface area contributed by atoms with E-state index in [0.29, 0.717) is 5.75 Å². The zero-order valence-electron chi connectivity index (χ0n) is 12.7. The summed E-state index contributed by atoms with van der Waals surface area (Å²) in [5.41, 5.74) is 6.71. The van der Waals surface area contributed by atoms with Gasteiger partial charge in [0.1, 0.15) is 5.75 Å². The molecule has 0 unspecified atom stereocenters. The van der Waals surface area contributed by atoms with E-state index in [1.807, 2.05) is 0 Å². The lowest BCUT2D eigenvalue weighted by molar-refractivity contribution is 0.458. The quantitative estimate of drug-likeness (QED) is 0.780. The van der Waals surface area contributed by atoms with Gasteiger partial charge in [-0.1, -0.05) is 41.0 Å². The summed E-state index contributed by atoms with van der Waals surface area (Å²) in [5, 5.41) is 10.6. The fraction of sp³-hybridized carbons (Fsp3) is 0.647. The van der Waals surface area contributed by atoms with Crippen LogP contribution in [0.25, 0.3) is 0 Å². The average Bonchev–Trinajstić information content (AvgIpc) is 2.39. The first kappa shape index (κ1) is 15.1. The lowest BCUT2D eigenvalue weighted by atomic mass is 9.84. The molecule has 0 aliphatic rings. The van der Waals surface area contributed by atoms with Crippen molar-refractivity contribution in [2.45, 2.75) is 73.1 Å². The molecule has 0 spiro atoms. The van der Waals surface area contributed by atoms with Gasteiger partial charge in [0.05, 0.1) is 0 Å². The van der Waals surface area contributed by atoms with Gasteiger partial charge in [-0.05, 0) is 59.9 Å². The minimum atomic E-state index is 0.588. The molecule has 0 fully saturated rings. The van der Waals surface area contributed by atoms with Crippen LogP contribution >= 0.6 is 0 Å². The fourth-order valence-electron chi connectivity index (χ4n) is 3.19. The SMILES string of the molecule is CCCc1c(O)c(CC)c(CC)c(CC)c1CC. The van der Waals surface area contributed by atoms with E-state index in [-0.39, 0.29) is 0 Å². The molecule has 1 aromatic carbocycles. The number of rotatable bonds is 6. The number of phenols is 1. The van der Waals surface area contributed by atoms with Crippen LogP contribution < -0.4 is 0 Å². The third kappa shape index (κ3) is 2.55. The zero-order chi connectivity index (χ0) is 13.7. The Kier molecular flexibility index (Phi) is 5.71. The number of hydrogen-bond donors (Lipinski definition) is 1. The molecule has 0 saturated heterocycles. The molecule has 0 bridgehead atoms. The van der Waals surface area contributed by atoms with Gasteiger partial charge in [-0.3, -0.25) is 0 Å². The van der Waals surface area contributed by atoms with Crippen molar-refractivity contribution in [3.63, 3.8) is 0 Å². The molecule has 1 nitrogen and oxygen atoms in total. The van der Waals surface area contributed by atoms with E-state index in [9.17, 15) is 5.11 Å². The molecule has 0 amide bonds. The Hall–Kier alpha value is -0.980. The predicted molar refractivity (Wildman–Crippen MR) is 79.6 cm³/mol. The summed E-state index contributed by atoms with van der Waals surface area (Å²) in [5.74, 6) is 0.588. The molecular formula is C17H28O. The molecule has 0 saturated carbocycles. The van der Waals surface area contributed by atoms with E-state index in [1.165, 1.54) is 27.8 Å². The molecular weight excluding hydrogens is 220 g/mol. The smallest absolute Gasteiger partial charge is 0.122 e. The highest BCUT2D eigenvalue weighted by Crippen LogP contribution is 2.35. The van der Waals surface area contributed by atoms with Crippen LogP contribution in [-0.4, -0.2) is 5.11 Å². The Bertz CT molecular complexity index is 405. The van der Waals surface area contributed by atoms with Gasteiger partial charge < -0.3 is 5.11 Å². The van der Waals surface area contributed by atoms with Crippen LogP contribution in [-0.2, 0) is 32.1 Å². The van der Waals surface area contributed by atoms with Crippen LogP contribution in [0.1, 0.15) is 68.9 Å². The standard InChI is InChI=1S/C17H28O/c1-6-11-16-14(9-4)12(7-2)13(8-3)15(10-5)17(16)18/h18H,6-11H2,1-5H3. The van der Waals surface area contributed by atoms with Crippen LogP contribution in [0.3, 0.4) is 0 Å². The van der Waals surface area contributed by atoms with Crippen molar-refractivity contribution in [1.29, 1.82) is 0 Å². The molecule has 0 heterocycles.